The van der Waals surface area contributed by atoms with Crippen LogP contribution in [0.3, 0.4) is 0 Å². The molecular formula is C57H86O3P2. The predicted octanol–water partition coefficient (Wildman–Crippen LogP) is 18.6. The van der Waals surface area contributed by atoms with Gasteiger partial charge in [-0.05, 0) is 120 Å². The van der Waals surface area contributed by atoms with Gasteiger partial charge in [-0.15, -0.1) is 6.58 Å². The third-order valence-corrected chi connectivity index (χ3v) is 17.1. The summed E-state index contributed by atoms with van der Waals surface area (Å²) in [5.74, 6) is 2.29. The van der Waals surface area contributed by atoms with Crippen LogP contribution in [0.15, 0.2) is 79.6 Å². The van der Waals surface area contributed by atoms with Gasteiger partial charge in [0, 0.05) is 39.5 Å². The van der Waals surface area contributed by atoms with Crippen LogP contribution in [0, 0.1) is 13.8 Å². The highest BCUT2D eigenvalue weighted by Crippen LogP contribution is 2.57. The lowest BCUT2D eigenvalue weighted by atomic mass is 9.69. The Morgan fingerprint density at radius 2 is 1.06 bits per heavy atom. The Balaban J connectivity index is 0.00000159. The van der Waals surface area contributed by atoms with E-state index in [1.165, 1.54) is 60.8 Å². The molecule has 0 saturated carbocycles. The molecule has 0 aromatic heterocycles. The van der Waals surface area contributed by atoms with Gasteiger partial charge < -0.3 is 14.2 Å². The van der Waals surface area contributed by atoms with Gasteiger partial charge in [0.1, 0.15) is 11.5 Å². The molecule has 0 aliphatic carbocycles. The van der Waals surface area contributed by atoms with Crippen LogP contribution >= 0.6 is 17.6 Å². The molecule has 4 aromatic rings. The summed E-state index contributed by atoms with van der Waals surface area (Å²) in [6.07, 6.45) is 8.28. The average Bonchev–Trinajstić information content (AvgIpc) is 3.24. The van der Waals surface area contributed by atoms with Crippen LogP contribution in [0.5, 0.6) is 11.5 Å². The minimum absolute atomic E-state index is 0.0213. The number of hydrogen-bond donors (Lipinski definition) is 1. The molecule has 0 aliphatic rings. The minimum Gasteiger partial charge on any atom is -0.513 e. The second-order valence-electron chi connectivity index (χ2n) is 20.6. The molecule has 342 valence electrons. The molecule has 0 amide bonds. The summed E-state index contributed by atoms with van der Waals surface area (Å²) in [4.78, 5) is 0. The van der Waals surface area contributed by atoms with Crippen LogP contribution in [-0.2, 0) is 26.8 Å². The number of allylic oxidation sites excluding steroid dienone is 1. The maximum atomic E-state index is 8.29. The second-order valence-corrected chi connectivity index (χ2v) is 23.5. The first-order valence-corrected chi connectivity index (χ1v) is 25.5. The van der Waals surface area contributed by atoms with Crippen molar-refractivity contribution in [2.75, 3.05) is 0 Å². The maximum Gasteiger partial charge on any atom is 0.134 e. The van der Waals surface area contributed by atoms with Crippen molar-refractivity contribution in [3.05, 3.63) is 119 Å². The summed E-state index contributed by atoms with van der Waals surface area (Å²) in [7, 11) is 0.589. The van der Waals surface area contributed by atoms with Gasteiger partial charge in [0.2, 0.25) is 0 Å². The maximum absolute atomic E-state index is 8.29. The van der Waals surface area contributed by atoms with Gasteiger partial charge in [0.15, 0.2) is 0 Å². The van der Waals surface area contributed by atoms with Crippen molar-refractivity contribution < 1.29 is 14.2 Å². The number of rotatable bonds is 20. The highest BCUT2D eigenvalue weighted by Gasteiger charge is 2.38. The molecule has 0 radical (unpaired) electrons. The van der Waals surface area contributed by atoms with Crippen LogP contribution in [0.25, 0.3) is 21.9 Å². The lowest BCUT2D eigenvalue weighted by Crippen LogP contribution is -2.25. The summed E-state index contributed by atoms with van der Waals surface area (Å²) in [5.41, 5.74) is 12.2. The molecule has 0 aliphatic heterocycles. The van der Waals surface area contributed by atoms with Crippen molar-refractivity contribution in [2.45, 2.75) is 202 Å². The topological polar surface area (TPSA) is 38.7 Å². The molecule has 4 unspecified atom stereocenters. The standard InChI is InChI=1S/C52H78O2P2.C5H8O/c1-19-34(7)55-53-46-42(50(14,15)22-4)32-40(48(10,11)20-2)35(8)44(46)45-36(9)41(49(12,13)21-3)33-43(51(16,17)23-5)47(45)54-56-52(18,24-6)39-31-27-29-37-28-25-26-30-38(37)39;1-3-4-5(2)6/h25-34,55-56H,19-24H2,1-18H3;3,6H,1-2,4H2. The van der Waals surface area contributed by atoms with Crippen molar-refractivity contribution >= 4 is 28.4 Å². The Kier molecular flexibility index (Phi) is 18.6. The minimum atomic E-state index is -0.186. The fourth-order valence-electron chi connectivity index (χ4n) is 8.10. The van der Waals surface area contributed by atoms with Gasteiger partial charge in [-0.3, -0.25) is 0 Å². The van der Waals surface area contributed by atoms with Gasteiger partial charge in [0.25, 0.3) is 0 Å². The van der Waals surface area contributed by atoms with Gasteiger partial charge in [0.05, 0.1) is 23.4 Å². The molecule has 0 bridgehead atoms. The number of aliphatic hydroxyl groups excluding tert-OH is 1. The van der Waals surface area contributed by atoms with Crippen molar-refractivity contribution in [3.63, 3.8) is 0 Å². The Bertz CT molecular complexity index is 2150. The fraction of sp³-hybridized carbons (Fsp3) is 0.544. The zero-order chi connectivity index (χ0) is 47.0. The van der Waals surface area contributed by atoms with E-state index in [-0.39, 0.29) is 41.4 Å². The van der Waals surface area contributed by atoms with E-state index in [4.69, 9.17) is 14.2 Å². The van der Waals surface area contributed by atoms with E-state index in [0.717, 1.165) is 50.0 Å². The summed E-state index contributed by atoms with van der Waals surface area (Å²) >= 11 is 0. The normalized spacial score (nSPS) is 14.2. The predicted molar refractivity (Wildman–Crippen MR) is 280 cm³/mol. The number of aliphatic hydroxyl groups is 1. The van der Waals surface area contributed by atoms with E-state index in [0.29, 0.717) is 20.9 Å². The highest BCUT2D eigenvalue weighted by molar-refractivity contribution is 7.34. The molecule has 5 heteroatoms. The van der Waals surface area contributed by atoms with E-state index in [1.807, 2.05) is 0 Å². The van der Waals surface area contributed by atoms with E-state index in [2.05, 4.69) is 192 Å². The number of benzene rings is 4. The Morgan fingerprint density at radius 1 is 0.629 bits per heavy atom. The van der Waals surface area contributed by atoms with E-state index < -0.39 is 0 Å². The van der Waals surface area contributed by atoms with Gasteiger partial charge >= 0.3 is 0 Å². The highest BCUT2D eigenvalue weighted by atomic mass is 31.1. The largest absolute Gasteiger partial charge is 0.513 e. The number of hydrogen-bond acceptors (Lipinski definition) is 3. The van der Waals surface area contributed by atoms with Crippen molar-refractivity contribution in [1.29, 1.82) is 0 Å². The van der Waals surface area contributed by atoms with Crippen molar-refractivity contribution in [3.8, 4) is 22.6 Å². The molecule has 0 heterocycles. The Hall–Kier alpha value is -3.12. The Labute approximate surface area is 384 Å². The monoisotopic (exact) mass is 881 g/mol. The second kappa shape index (κ2) is 21.7. The molecule has 4 rings (SSSR count). The average molecular weight is 881 g/mol. The van der Waals surface area contributed by atoms with Crippen LogP contribution in [0.1, 0.15) is 195 Å². The molecule has 4 atom stereocenters. The van der Waals surface area contributed by atoms with Gasteiger partial charge in [-0.25, -0.2) is 0 Å². The zero-order valence-corrected chi connectivity index (χ0v) is 44.5. The first kappa shape index (κ1) is 53.2. The molecule has 62 heavy (non-hydrogen) atoms. The molecule has 0 saturated heterocycles. The van der Waals surface area contributed by atoms with E-state index in [9.17, 15) is 0 Å². The summed E-state index contributed by atoms with van der Waals surface area (Å²) in [5, 5.41) is 10.7. The van der Waals surface area contributed by atoms with Crippen LogP contribution in [0.2, 0.25) is 0 Å². The van der Waals surface area contributed by atoms with Crippen LogP contribution in [0.4, 0.5) is 0 Å². The molecule has 1 N–H and O–H groups in total. The SMILES string of the molecule is C=CCC(=C)O.CCC(C)POc1c(C(C)(C)CC)cc(C(C)(C)CC)c(C)c1-c1c(C)c(C(C)(C)CC)cc(C(C)(C)CC)c1OPC(C)(CC)c1cccc2ccccc12. The van der Waals surface area contributed by atoms with E-state index >= 15 is 0 Å². The summed E-state index contributed by atoms with van der Waals surface area (Å²) in [6, 6.07) is 20.7. The van der Waals surface area contributed by atoms with Crippen molar-refractivity contribution in [1.82, 2.24) is 0 Å². The molecule has 0 spiro atoms. The summed E-state index contributed by atoms with van der Waals surface area (Å²) < 4.78 is 15.0. The molecule has 4 aromatic carbocycles. The van der Waals surface area contributed by atoms with Crippen LogP contribution in [-0.4, -0.2) is 10.8 Å². The molecular weight excluding hydrogens is 795 g/mol. The fourth-order valence-corrected chi connectivity index (χ4v) is 9.81. The lowest BCUT2D eigenvalue weighted by molar-refractivity contribution is 0.404. The molecule has 3 nitrogen and oxygen atoms in total. The van der Waals surface area contributed by atoms with Crippen LogP contribution < -0.4 is 9.05 Å². The zero-order valence-electron chi connectivity index (χ0n) is 42.5. The number of fused-ring (bicyclic) bond motifs is 1. The quantitative estimate of drug-likeness (QED) is 0.0546. The summed E-state index contributed by atoms with van der Waals surface area (Å²) in [6.45, 7) is 49.4. The first-order chi connectivity index (χ1) is 28.9. The Morgan fingerprint density at radius 3 is 1.47 bits per heavy atom. The molecule has 0 fully saturated rings. The third kappa shape index (κ3) is 11.8. The smallest absolute Gasteiger partial charge is 0.134 e. The third-order valence-electron chi connectivity index (χ3n) is 14.6. The first-order valence-electron chi connectivity index (χ1n) is 23.6. The van der Waals surface area contributed by atoms with Crippen molar-refractivity contribution in [2.24, 2.45) is 0 Å². The van der Waals surface area contributed by atoms with E-state index in [1.54, 1.807) is 6.08 Å². The van der Waals surface area contributed by atoms with Gasteiger partial charge in [-0.2, -0.15) is 0 Å². The lowest BCUT2D eigenvalue weighted by Gasteiger charge is -2.38. The van der Waals surface area contributed by atoms with Gasteiger partial charge in [-0.1, -0.05) is 171 Å².